The Balaban J connectivity index is 3.03. The van der Waals surface area contributed by atoms with E-state index in [9.17, 15) is 13.2 Å². The molecule has 9 heteroatoms. The molecular formula is C9H13N3O5S. The van der Waals surface area contributed by atoms with E-state index in [1.807, 2.05) is 0 Å². The Morgan fingerprint density at radius 1 is 1.56 bits per heavy atom. The van der Waals surface area contributed by atoms with Gasteiger partial charge in [-0.05, 0) is 12.2 Å². The van der Waals surface area contributed by atoms with E-state index >= 15 is 0 Å². The molecule has 0 saturated carbocycles. The van der Waals surface area contributed by atoms with E-state index in [1.165, 1.54) is 12.2 Å². The molecule has 1 aliphatic rings. The fourth-order valence-corrected chi connectivity index (χ4v) is 2.11. The summed E-state index contributed by atoms with van der Waals surface area (Å²) in [4.78, 5) is 14.8. The second kappa shape index (κ2) is 4.78. The Hall–Kier alpha value is -1.87. The molecule has 0 aromatic heterocycles. The Kier molecular flexibility index (Phi) is 3.77. The molecule has 1 atom stereocenters. The molecule has 0 amide bonds. The van der Waals surface area contributed by atoms with E-state index in [4.69, 9.17) is 16.6 Å². The van der Waals surface area contributed by atoms with E-state index in [-0.39, 0.29) is 12.4 Å². The molecule has 1 unspecified atom stereocenters. The molecule has 18 heavy (non-hydrogen) atoms. The minimum Gasteiger partial charge on any atom is -0.479 e. The van der Waals surface area contributed by atoms with E-state index in [1.54, 1.807) is 0 Å². The molecule has 0 radical (unpaired) electrons. The summed E-state index contributed by atoms with van der Waals surface area (Å²) in [5.41, 5.74) is 8.71. The number of carboxylic acids is 1. The van der Waals surface area contributed by atoms with Crippen LogP contribution in [0, 0.1) is 0 Å². The number of aliphatic imine (C=N–C) groups is 1. The third-order valence-electron chi connectivity index (χ3n) is 2.06. The lowest BCUT2D eigenvalue weighted by atomic mass is 9.94. The number of allylic oxidation sites excluding steroid dienone is 1. The molecule has 8 nitrogen and oxygen atoms in total. The summed E-state index contributed by atoms with van der Waals surface area (Å²) in [6, 6.07) is 0. The molecule has 100 valence electrons. The molecule has 5 N–H and O–H groups in total. The smallest absolute Gasteiger partial charge is 0.341 e. The third-order valence-corrected chi connectivity index (χ3v) is 2.66. The SMILES string of the molecule is CS(=O)(=O)OC1(C(=O)O)C=CC(N=C(N)N)=CC1. The summed E-state index contributed by atoms with van der Waals surface area (Å²) in [6.07, 6.45) is 4.33. The van der Waals surface area contributed by atoms with Crippen LogP contribution in [0.4, 0.5) is 0 Å². The number of hydrogen-bond donors (Lipinski definition) is 3. The number of nitrogens with two attached hydrogens (primary N) is 2. The second-order valence-electron chi connectivity index (χ2n) is 3.69. The van der Waals surface area contributed by atoms with Gasteiger partial charge in [0.25, 0.3) is 10.1 Å². The van der Waals surface area contributed by atoms with Crippen LogP contribution in [-0.2, 0) is 19.1 Å². The van der Waals surface area contributed by atoms with Crippen molar-refractivity contribution < 1.29 is 22.5 Å². The van der Waals surface area contributed by atoms with Gasteiger partial charge in [-0.1, -0.05) is 6.08 Å². The van der Waals surface area contributed by atoms with E-state index < -0.39 is 21.7 Å². The number of guanidine groups is 1. The predicted octanol–water partition coefficient (Wildman–Crippen LogP) is -1.10. The van der Waals surface area contributed by atoms with Gasteiger partial charge >= 0.3 is 5.97 Å². The minimum atomic E-state index is -3.91. The third kappa shape index (κ3) is 3.57. The van der Waals surface area contributed by atoms with E-state index in [0.717, 1.165) is 12.3 Å². The van der Waals surface area contributed by atoms with Crippen molar-refractivity contribution in [3.8, 4) is 0 Å². The molecule has 0 saturated heterocycles. The molecule has 0 bridgehead atoms. The van der Waals surface area contributed by atoms with Gasteiger partial charge in [0.05, 0.1) is 12.0 Å². The van der Waals surface area contributed by atoms with Crippen LogP contribution < -0.4 is 11.5 Å². The number of rotatable bonds is 4. The van der Waals surface area contributed by atoms with Crippen LogP contribution in [0.15, 0.2) is 28.9 Å². The fourth-order valence-electron chi connectivity index (χ4n) is 1.37. The zero-order chi connectivity index (χ0) is 14.0. The van der Waals surface area contributed by atoms with Crippen molar-refractivity contribution in [1.82, 2.24) is 0 Å². The number of aliphatic carboxylic acids is 1. The van der Waals surface area contributed by atoms with Crippen molar-refractivity contribution in [1.29, 1.82) is 0 Å². The van der Waals surface area contributed by atoms with Crippen molar-refractivity contribution in [2.24, 2.45) is 16.5 Å². The van der Waals surface area contributed by atoms with Crippen molar-refractivity contribution in [2.45, 2.75) is 12.0 Å². The highest BCUT2D eigenvalue weighted by molar-refractivity contribution is 7.86. The highest BCUT2D eigenvalue weighted by Gasteiger charge is 2.41. The summed E-state index contributed by atoms with van der Waals surface area (Å²) in [7, 11) is -3.91. The van der Waals surface area contributed by atoms with Crippen LogP contribution in [0.5, 0.6) is 0 Å². The first-order chi connectivity index (χ1) is 8.15. The van der Waals surface area contributed by atoms with Crippen molar-refractivity contribution >= 4 is 22.0 Å². The van der Waals surface area contributed by atoms with Crippen LogP contribution in [0.3, 0.4) is 0 Å². The van der Waals surface area contributed by atoms with E-state index in [2.05, 4.69) is 9.18 Å². The zero-order valence-electron chi connectivity index (χ0n) is 9.53. The van der Waals surface area contributed by atoms with Crippen LogP contribution in [0.25, 0.3) is 0 Å². The Bertz CT molecular complexity index is 545. The second-order valence-corrected chi connectivity index (χ2v) is 5.26. The Morgan fingerprint density at radius 2 is 2.17 bits per heavy atom. The van der Waals surface area contributed by atoms with Gasteiger partial charge in [0.15, 0.2) is 5.96 Å². The molecule has 0 heterocycles. The van der Waals surface area contributed by atoms with Gasteiger partial charge in [-0.25, -0.2) is 14.0 Å². The largest absolute Gasteiger partial charge is 0.479 e. The highest BCUT2D eigenvalue weighted by atomic mass is 32.2. The summed E-state index contributed by atoms with van der Waals surface area (Å²) in [6.45, 7) is 0. The average molecular weight is 275 g/mol. The quantitative estimate of drug-likeness (QED) is 0.335. The molecule has 1 aliphatic carbocycles. The van der Waals surface area contributed by atoms with Crippen LogP contribution in [-0.4, -0.2) is 37.3 Å². The maximum Gasteiger partial charge on any atom is 0.341 e. The van der Waals surface area contributed by atoms with Crippen LogP contribution >= 0.6 is 0 Å². The average Bonchev–Trinajstić information content (AvgIpc) is 2.18. The van der Waals surface area contributed by atoms with Gasteiger partial charge in [0.2, 0.25) is 5.60 Å². The van der Waals surface area contributed by atoms with Crippen LogP contribution in [0.2, 0.25) is 0 Å². The molecular weight excluding hydrogens is 262 g/mol. The first-order valence-corrected chi connectivity index (χ1v) is 6.59. The van der Waals surface area contributed by atoms with Gasteiger partial charge < -0.3 is 16.6 Å². The van der Waals surface area contributed by atoms with E-state index in [0.29, 0.717) is 5.70 Å². The molecule has 1 rings (SSSR count). The summed E-state index contributed by atoms with van der Waals surface area (Å²) >= 11 is 0. The van der Waals surface area contributed by atoms with Crippen molar-refractivity contribution in [3.05, 3.63) is 23.9 Å². The maximum atomic E-state index is 11.1. The molecule has 0 aromatic rings. The van der Waals surface area contributed by atoms with Crippen molar-refractivity contribution in [2.75, 3.05) is 6.26 Å². The summed E-state index contributed by atoms with van der Waals surface area (Å²) in [5, 5.41) is 9.07. The van der Waals surface area contributed by atoms with Gasteiger partial charge in [-0.15, -0.1) is 0 Å². The Morgan fingerprint density at radius 3 is 2.50 bits per heavy atom. The van der Waals surface area contributed by atoms with Gasteiger partial charge in [0, 0.05) is 6.42 Å². The monoisotopic (exact) mass is 275 g/mol. The predicted molar refractivity (Wildman–Crippen MR) is 63.9 cm³/mol. The molecule has 0 fully saturated rings. The summed E-state index contributed by atoms with van der Waals surface area (Å²) < 4.78 is 26.7. The standard InChI is InChI=1S/C9H13N3O5S/c1-18(15,16)17-9(7(13)14)4-2-6(3-5-9)12-8(10)11/h2-4H,5H2,1H3,(H,13,14)(H4,10,11,12). The number of nitrogens with zero attached hydrogens (tertiary/aromatic N) is 1. The number of carbonyl (C=O) groups is 1. The van der Waals surface area contributed by atoms with Gasteiger partial charge in [-0.2, -0.15) is 8.42 Å². The highest BCUT2D eigenvalue weighted by Crippen LogP contribution is 2.27. The Labute approximate surface area is 104 Å². The first kappa shape index (κ1) is 14.2. The lowest BCUT2D eigenvalue weighted by Gasteiger charge is -2.25. The molecule has 0 spiro atoms. The van der Waals surface area contributed by atoms with Crippen LogP contribution in [0.1, 0.15) is 6.42 Å². The lowest BCUT2D eigenvalue weighted by molar-refractivity contribution is -0.150. The summed E-state index contributed by atoms with van der Waals surface area (Å²) in [5.74, 6) is -1.60. The normalized spacial score (nSPS) is 23.3. The topological polar surface area (TPSA) is 145 Å². The number of hydrogen-bond acceptors (Lipinski definition) is 5. The minimum absolute atomic E-state index is 0.183. The van der Waals surface area contributed by atoms with Gasteiger partial charge in [0.1, 0.15) is 0 Å². The molecule has 0 aliphatic heterocycles. The number of carboxylic acid groups (broad SMARTS) is 1. The lowest BCUT2D eigenvalue weighted by Crippen LogP contribution is -2.42. The first-order valence-electron chi connectivity index (χ1n) is 4.78. The fraction of sp³-hybridized carbons (Fsp3) is 0.333. The molecule has 0 aromatic carbocycles. The maximum absolute atomic E-state index is 11.1. The van der Waals surface area contributed by atoms with Gasteiger partial charge in [-0.3, -0.25) is 0 Å². The van der Waals surface area contributed by atoms with Crippen molar-refractivity contribution in [3.63, 3.8) is 0 Å². The zero-order valence-corrected chi connectivity index (χ0v) is 10.3.